The van der Waals surface area contributed by atoms with Gasteiger partial charge in [-0.1, -0.05) is 32.3 Å². The van der Waals surface area contributed by atoms with Crippen LogP contribution in [0, 0.1) is 0 Å². The van der Waals surface area contributed by atoms with Gasteiger partial charge in [-0.15, -0.1) is 0 Å². The second-order valence-electron chi connectivity index (χ2n) is 4.19. The van der Waals surface area contributed by atoms with E-state index in [1.807, 2.05) is 0 Å². The van der Waals surface area contributed by atoms with Crippen LogP contribution in [0.5, 0.6) is 0 Å². The van der Waals surface area contributed by atoms with Crippen molar-refractivity contribution in [3.05, 3.63) is 11.1 Å². The van der Waals surface area contributed by atoms with Crippen molar-refractivity contribution in [3.63, 3.8) is 0 Å². The zero-order valence-electron chi connectivity index (χ0n) is 14.8. The van der Waals surface area contributed by atoms with Crippen LogP contribution in [0.3, 0.4) is 0 Å². The molecule has 6 N–H and O–H groups in total. The minimum absolute atomic E-state index is 0. The summed E-state index contributed by atoms with van der Waals surface area (Å²) in [5, 5.41) is 39.0. The molecule has 0 aliphatic rings. The van der Waals surface area contributed by atoms with E-state index in [0.29, 0.717) is 12.8 Å². The maximum atomic E-state index is 9.99. The van der Waals surface area contributed by atoms with Gasteiger partial charge in [0.1, 0.15) is 0 Å². The van der Waals surface area contributed by atoms with Crippen molar-refractivity contribution < 1.29 is 60.7 Å². The molecule has 150 valence electrons. The zero-order chi connectivity index (χ0) is 18.3. The van der Waals surface area contributed by atoms with Gasteiger partial charge >= 0.3 is 21.1 Å². The Hall–Kier alpha value is -1.77. The van der Waals surface area contributed by atoms with E-state index in [4.69, 9.17) is 0 Å². The molecular formula is C14H26N2O8Pt. The summed E-state index contributed by atoms with van der Waals surface area (Å²) in [5.41, 5.74) is -0.611. The van der Waals surface area contributed by atoms with E-state index in [0.717, 1.165) is 0 Å². The largest absolute Gasteiger partial charge is 4.00 e. The third-order valence-electron chi connectivity index (χ3n) is 1.82. The third-order valence-corrected chi connectivity index (χ3v) is 1.82. The maximum absolute atomic E-state index is 9.99. The summed E-state index contributed by atoms with van der Waals surface area (Å²) >= 11 is 0. The van der Waals surface area contributed by atoms with Crippen molar-refractivity contribution in [1.29, 1.82) is 0 Å². The van der Waals surface area contributed by atoms with Gasteiger partial charge in [-0.05, 0) is 26.7 Å². The fourth-order valence-electron chi connectivity index (χ4n) is 0.900. The van der Waals surface area contributed by atoms with Crippen LogP contribution in [0.4, 0.5) is 0 Å². The molecule has 0 aliphatic heterocycles. The summed E-state index contributed by atoms with van der Waals surface area (Å²) in [6, 6.07) is 0. The number of aliphatic carboxylic acids is 4. The summed E-state index contributed by atoms with van der Waals surface area (Å²) in [6.45, 7) is 6.33. The van der Waals surface area contributed by atoms with Crippen LogP contribution in [0.15, 0.2) is 11.1 Å². The average molecular weight is 545 g/mol. The second kappa shape index (κ2) is 24.5. The molecule has 0 amide bonds. The molecule has 0 aliphatic carbocycles. The SMILES string of the molecule is CC(C)=C(C(=O)[O-])C(=O)[O-].CCCC(=O)[O-].CCCC(=O)[O-].N.N.[Pt+4]. The Morgan fingerprint density at radius 3 is 0.920 bits per heavy atom. The Balaban J connectivity index is -0.0000000535. The van der Waals surface area contributed by atoms with Crippen LogP contribution in [-0.2, 0) is 40.2 Å². The first-order valence-corrected chi connectivity index (χ1v) is 6.50. The van der Waals surface area contributed by atoms with Crippen molar-refractivity contribution >= 4 is 23.9 Å². The molecule has 0 spiro atoms. The third kappa shape index (κ3) is 34.5. The maximum Gasteiger partial charge on any atom is 4.00 e. The number of carbonyl (C=O) groups is 4. The Bertz CT molecular complexity index is 389. The topological polar surface area (TPSA) is 231 Å². The fourth-order valence-corrected chi connectivity index (χ4v) is 0.900. The van der Waals surface area contributed by atoms with E-state index >= 15 is 0 Å². The van der Waals surface area contributed by atoms with Crippen LogP contribution in [0.25, 0.3) is 0 Å². The molecule has 0 rings (SSSR count). The van der Waals surface area contributed by atoms with Gasteiger partial charge in [-0.25, -0.2) is 0 Å². The van der Waals surface area contributed by atoms with Gasteiger partial charge < -0.3 is 51.9 Å². The minimum atomic E-state index is -1.71. The molecule has 0 saturated heterocycles. The van der Waals surface area contributed by atoms with Crippen LogP contribution in [0.1, 0.15) is 53.4 Å². The van der Waals surface area contributed by atoms with E-state index < -0.39 is 29.5 Å². The van der Waals surface area contributed by atoms with Crippen molar-refractivity contribution in [3.8, 4) is 0 Å². The van der Waals surface area contributed by atoms with Crippen molar-refractivity contribution in [2.45, 2.75) is 53.4 Å². The first kappa shape index (κ1) is 38.7. The molecule has 10 nitrogen and oxygen atoms in total. The van der Waals surface area contributed by atoms with Crippen LogP contribution < -0.4 is 32.7 Å². The monoisotopic (exact) mass is 545 g/mol. The molecule has 0 aromatic heterocycles. The molecule has 0 fully saturated rings. The molecule has 25 heavy (non-hydrogen) atoms. The minimum Gasteiger partial charge on any atom is -0.550 e. The molecule has 0 unspecified atom stereocenters. The predicted octanol–water partition coefficient (Wildman–Crippen LogP) is -2.78. The first-order chi connectivity index (χ1) is 10.0. The number of allylic oxidation sites excluding steroid dienone is 1. The number of rotatable bonds is 6. The van der Waals surface area contributed by atoms with Gasteiger partial charge in [0.05, 0.1) is 11.9 Å². The van der Waals surface area contributed by atoms with Crippen LogP contribution >= 0.6 is 0 Å². The molecule has 11 heteroatoms. The van der Waals surface area contributed by atoms with Gasteiger partial charge in [-0.3, -0.25) is 0 Å². The molecule has 0 saturated carbocycles. The Labute approximate surface area is 161 Å². The molecule has 0 radical (unpaired) electrons. The molecule has 0 atom stereocenters. The van der Waals surface area contributed by atoms with E-state index in [1.54, 1.807) is 13.8 Å². The van der Waals surface area contributed by atoms with E-state index in [9.17, 15) is 39.6 Å². The number of hydrogen-bond acceptors (Lipinski definition) is 10. The summed E-state index contributed by atoms with van der Waals surface area (Å²) in [7, 11) is 0. The zero-order valence-corrected chi connectivity index (χ0v) is 17.1. The summed E-state index contributed by atoms with van der Waals surface area (Å²) in [5.74, 6) is -5.34. The van der Waals surface area contributed by atoms with Crippen molar-refractivity contribution in [1.82, 2.24) is 12.3 Å². The second-order valence-corrected chi connectivity index (χ2v) is 4.19. The van der Waals surface area contributed by atoms with Gasteiger partial charge in [0.25, 0.3) is 0 Å². The van der Waals surface area contributed by atoms with E-state index in [1.165, 1.54) is 13.8 Å². The molecular weight excluding hydrogens is 519 g/mol. The summed E-state index contributed by atoms with van der Waals surface area (Å²) < 4.78 is 0. The van der Waals surface area contributed by atoms with Gasteiger partial charge in [0.15, 0.2) is 0 Å². The van der Waals surface area contributed by atoms with Crippen LogP contribution in [-0.4, -0.2) is 23.9 Å². The summed E-state index contributed by atoms with van der Waals surface area (Å²) in [4.78, 5) is 39.0. The van der Waals surface area contributed by atoms with E-state index in [2.05, 4.69) is 0 Å². The van der Waals surface area contributed by atoms with Gasteiger partial charge in [0, 0.05) is 17.5 Å². The molecule has 0 heterocycles. The summed E-state index contributed by atoms with van der Waals surface area (Å²) in [6.07, 6.45) is 1.70. The number of carbonyl (C=O) groups excluding carboxylic acids is 4. The Kier molecular flexibility index (Phi) is 37.9. The quantitative estimate of drug-likeness (QED) is 0.198. The number of carboxylic acids is 4. The van der Waals surface area contributed by atoms with Gasteiger partial charge in [-0.2, -0.15) is 0 Å². The number of hydrogen-bond donors (Lipinski definition) is 2. The Morgan fingerprint density at radius 1 is 0.680 bits per heavy atom. The molecule has 0 bridgehead atoms. The number of carboxylic acid groups (broad SMARTS) is 4. The van der Waals surface area contributed by atoms with E-state index in [-0.39, 0.29) is 51.8 Å². The smallest absolute Gasteiger partial charge is 0.550 e. The molecule has 0 aromatic rings. The fraction of sp³-hybridized carbons (Fsp3) is 0.571. The van der Waals surface area contributed by atoms with Crippen molar-refractivity contribution in [2.24, 2.45) is 0 Å². The predicted molar refractivity (Wildman–Crippen MR) is 78.3 cm³/mol. The van der Waals surface area contributed by atoms with Crippen molar-refractivity contribution in [2.75, 3.05) is 0 Å². The van der Waals surface area contributed by atoms with Gasteiger partial charge in [0.2, 0.25) is 0 Å². The standard InChI is InChI=1S/C6H8O4.2C4H8O2.2H3N.Pt/c1-3(2)4(5(7)8)6(9)10;2*1-2-3-4(5)6;;;/h1-2H3,(H,7,8)(H,9,10);2*2-3H2,1H3,(H,5,6);2*1H3;/q;;;;;+4/p-4. The average Bonchev–Trinajstić information content (AvgIpc) is 2.27. The first-order valence-electron chi connectivity index (χ1n) is 6.50. The molecule has 0 aromatic carbocycles. The van der Waals surface area contributed by atoms with Crippen LogP contribution in [0.2, 0.25) is 0 Å². The normalized spacial score (nSPS) is 7.36. The Morgan fingerprint density at radius 2 is 0.920 bits per heavy atom.